The first-order valence-electron chi connectivity index (χ1n) is 9.08. The van der Waals surface area contributed by atoms with E-state index < -0.39 is 16.9 Å². The number of aryl methyl sites for hydroxylation is 3. The second kappa shape index (κ2) is 8.92. The van der Waals surface area contributed by atoms with Gasteiger partial charge in [0.05, 0.1) is 45.2 Å². The van der Waals surface area contributed by atoms with Crippen LogP contribution in [0.4, 0.5) is 5.00 Å². The number of hydrogen-bond acceptors (Lipinski definition) is 9. The van der Waals surface area contributed by atoms with Crippen LogP contribution in [-0.2, 0) is 16.0 Å². The molecule has 0 saturated heterocycles. The largest absolute Gasteiger partial charge is 0.389 e. The summed E-state index contributed by atoms with van der Waals surface area (Å²) in [6.45, 7) is 5.31. The van der Waals surface area contributed by atoms with Crippen LogP contribution >= 0.6 is 11.3 Å². The van der Waals surface area contributed by atoms with E-state index >= 15 is 0 Å². The average molecular weight is 439 g/mol. The summed E-state index contributed by atoms with van der Waals surface area (Å²) in [6.07, 6.45) is 0.338. The first kappa shape index (κ1) is 21.9. The summed E-state index contributed by atoms with van der Waals surface area (Å²) in [5, 5.41) is 12.4. The van der Waals surface area contributed by atoms with E-state index in [1.54, 1.807) is 13.8 Å². The Kier molecular flexibility index (Phi) is 6.30. The maximum absolute atomic E-state index is 12.3. The fourth-order valence-electron chi connectivity index (χ4n) is 2.91. The lowest BCUT2D eigenvalue weighted by molar-refractivity contribution is -0.379. The normalized spacial score (nSPS) is 10.5. The van der Waals surface area contributed by atoms with Crippen molar-refractivity contribution >= 4 is 34.6 Å². The minimum absolute atomic E-state index is 0.0885. The Balaban J connectivity index is 1.75. The molecule has 0 saturated carbocycles. The van der Waals surface area contributed by atoms with Crippen LogP contribution in [0.5, 0.6) is 0 Å². The minimum atomic E-state index is -0.860. The van der Waals surface area contributed by atoms with Gasteiger partial charge in [0.25, 0.3) is 0 Å². The molecule has 1 aromatic carbocycles. The SMILES string of the molecule is Cc1nc(C)c(CC(=O)OC(=O)c2ccc(-c3c(C=O)csc3[N+](=O)[O-])cc2)nc1C. The molecule has 0 aliphatic carbocycles. The lowest BCUT2D eigenvalue weighted by atomic mass is 10.0. The monoisotopic (exact) mass is 439 g/mol. The van der Waals surface area contributed by atoms with Gasteiger partial charge in [-0.1, -0.05) is 23.5 Å². The molecule has 2 heterocycles. The van der Waals surface area contributed by atoms with Gasteiger partial charge >= 0.3 is 16.9 Å². The zero-order valence-corrected chi connectivity index (χ0v) is 17.7. The number of hydrogen-bond donors (Lipinski definition) is 0. The number of carbonyl (C=O) groups is 3. The van der Waals surface area contributed by atoms with Gasteiger partial charge in [-0.05, 0) is 38.5 Å². The molecule has 0 aliphatic rings. The second-order valence-electron chi connectivity index (χ2n) is 6.69. The first-order chi connectivity index (χ1) is 14.7. The van der Waals surface area contributed by atoms with Crippen LogP contribution in [0.1, 0.15) is 43.5 Å². The Morgan fingerprint density at radius 1 is 1.10 bits per heavy atom. The van der Waals surface area contributed by atoms with Gasteiger partial charge in [-0.15, -0.1) is 0 Å². The van der Waals surface area contributed by atoms with Crippen LogP contribution in [0, 0.1) is 30.9 Å². The number of nitro groups is 1. The summed E-state index contributed by atoms with van der Waals surface area (Å²) in [7, 11) is 0. The Morgan fingerprint density at radius 2 is 1.74 bits per heavy atom. The number of benzene rings is 1. The van der Waals surface area contributed by atoms with Crippen molar-refractivity contribution in [1.82, 2.24) is 9.97 Å². The number of esters is 2. The van der Waals surface area contributed by atoms with Crippen molar-refractivity contribution in [3.8, 4) is 11.1 Å². The molecule has 3 aromatic rings. The van der Waals surface area contributed by atoms with Crippen molar-refractivity contribution in [2.45, 2.75) is 27.2 Å². The predicted octanol–water partition coefficient (Wildman–Crippen LogP) is 3.78. The van der Waals surface area contributed by atoms with Crippen LogP contribution < -0.4 is 0 Å². The van der Waals surface area contributed by atoms with Crippen molar-refractivity contribution in [2.75, 3.05) is 0 Å². The summed E-state index contributed by atoms with van der Waals surface area (Å²) in [5.41, 5.74) is 3.32. The third-order valence-electron chi connectivity index (χ3n) is 4.60. The molecule has 0 atom stereocenters. The van der Waals surface area contributed by atoms with E-state index in [2.05, 4.69) is 9.97 Å². The van der Waals surface area contributed by atoms with Crippen molar-refractivity contribution in [3.63, 3.8) is 0 Å². The van der Waals surface area contributed by atoms with E-state index in [9.17, 15) is 24.5 Å². The van der Waals surface area contributed by atoms with Crippen molar-refractivity contribution in [2.24, 2.45) is 0 Å². The Hall–Kier alpha value is -3.79. The lowest BCUT2D eigenvalue weighted by Gasteiger charge is -2.08. The third kappa shape index (κ3) is 4.69. The molecular formula is C21H17N3O6S. The highest BCUT2D eigenvalue weighted by Gasteiger charge is 2.23. The molecule has 3 rings (SSSR count). The molecule has 0 spiro atoms. The lowest BCUT2D eigenvalue weighted by Crippen LogP contribution is -2.16. The van der Waals surface area contributed by atoms with E-state index in [0.717, 1.165) is 17.0 Å². The average Bonchev–Trinajstić information content (AvgIpc) is 3.16. The standard InChI is InChI=1S/C21H17N3O6S/c1-11-12(2)23-17(13(3)22-11)8-18(26)30-21(27)15-6-4-14(5-7-15)19-16(9-25)10-31-20(19)24(28)29/h4-7,9-10H,8H2,1-3H3. The quantitative estimate of drug-likeness (QED) is 0.186. The van der Waals surface area contributed by atoms with Gasteiger partial charge in [-0.25, -0.2) is 4.79 Å². The van der Waals surface area contributed by atoms with E-state index in [1.165, 1.54) is 29.6 Å². The smallest absolute Gasteiger partial charge is 0.345 e. The molecule has 9 nitrogen and oxygen atoms in total. The molecule has 158 valence electrons. The third-order valence-corrected chi connectivity index (χ3v) is 5.55. The zero-order valence-electron chi connectivity index (χ0n) is 16.9. The summed E-state index contributed by atoms with van der Waals surface area (Å²) >= 11 is 0.849. The van der Waals surface area contributed by atoms with Crippen LogP contribution in [-0.4, -0.2) is 33.1 Å². The molecule has 0 amide bonds. The molecule has 10 heteroatoms. The second-order valence-corrected chi connectivity index (χ2v) is 7.55. The number of thiophene rings is 1. The number of rotatable bonds is 6. The van der Waals surface area contributed by atoms with Gasteiger partial charge in [-0.2, -0.15) is 0 Å². The fourth-order valence-corrected chi connectivity index (χ4v) is 3.76. The van der Waals surface area contributed by atoms with Crippen molar-refractivity contribution in [1.29, 1.82) is 0 Å². The van der Waals surface area contributed by atoms with E-state index in [1.807, 2.05) is 6.92 Å². The van der Waals surface area contributed by atoms with Crippen LogP contribution in [0.15, 0.2) is 29.6 Å². The number of aldehydes is 1. The van der Waals surface area contributed by atoms with E-state index in [4.69, 9.17) is 4.74 Å². The Labute approximate surface area is 180 Å². The minimum Gasteiger partial charge on any atom is -0.389 e. The predicted molar refractivity (Wildman–Crippen MR) is 112 cm³/mol. The maximum atomic E-state index is 12.3. The van der Waals surface area contributed by atoms with Gasteiger partial charge in [0.2, 0.25) is 0 Å². The van der Waals surface area contributed by atoms with Gasteiger partial charge < -0.3 is 4.74 Å². The van der Waals surface area contributed by atoms with Gasteiger partial charge in [-0.3, -0.25) is 29.7 Å². The summed E-state index contributed by atoms with van der Waals surface area (Å²) in [5.74, 6) is -1.63. The van der Waals surface area contributed by atoms with Gasteiger partial charge in [0, 0.05) is 10.9 Å². The molecule has 2 aromatic heterocycles. The van der Waals surface area contributed by atoms with E-state index in [0.29, 0.717) is 28.9 Å². The summed E-state index contributed by atoms with van der Waals surface area (Å²) in [4.78, 5) is 55.0. The molecule has 0 unspecified atom stereocenters. The van der Waals surface area contributed by atoms with Crippen LogP contribution in [0.2, 0.25) is 0 Å². The fraction of sp³-hybridized carbons (Fsp3) is 0.190. The maximum Gasteiger partial charge on any atom is 0.345 e. The molecule has 31 heavy (non-hydrogen) atoms. The highest BCUT2D eigenvalue weighted by molar-refractivity contribution is 7.14. The molecule has 0 bridgehead atoms. The highest BCUT2D eigenvalue weighted by atomic mass is 32.1. The van der Waals surface area contributed by atoms with Gasteiger partial charge in [0.15, 0.2) is 6.29 Å². The zero-order chi connectivity index (χ0) is 22.7. The summed E-state index contributed by atoms with van der Waals surface area (Å²) < 4.78 is 4.89. The number of carbonyl (C=O) groups excluding carboxylic acids is 3. The Morgan fingerprint density at radius 3 is 2.35 bits per heavy atom. The molecule has 0 aliphatic heterocycles. The van der Waals surface area contributed by atoms with Crippen molar-refractivity contribution < 1.29 is 24.0 Å². The van der Waals surface area contributed by atoms with Crippen LogP contribution in [0.3, 0.4) is 0 Å². The summed E-state index contributed by atoms with van der Waals surface area (Å²) in [6, 6.07) is 5.67. The number of nitrogens with zero attached hydrogens (tertiary/aromatic N) is 3. The highest BCUT2D eigenvalue weighted by Crippen LogP contribution is 2.38. The van der Waals surface area contributed by atoms with Crippen LogP contribution in [0.25, 0.3) is 11.1 Å². The Bertz CT molecular complexity index is 1200. The molecule has 0 fully saturated rings. The topological polar surface area (TPSA) is 129 Å². The number of ether oxygens (including phenoxy) is 1. The molecular weight excluding hydrogens is 422 g/mol. The number of aromatic nitrogens is 2. The van der Waals surface area contributed by atoms with Crippen molar-refractivity contribution in [3.05, 3.63) is 73.7 Å². The first-order valence-corrected chi connectivity index (χ1v) is 9.96. The van der Waals surface area contributed by atoms with E-state index in [-0.39, 0.29) is 28.1 Å². The molecule has 0 radical (unpaired) electrons. The van der Waals surface area contributed by atoms with Gasteiger partial charge in [0.1, 0.15) is 0 Å². The molecule has 0 N–H and O–H groups in total.